The van der Waals surface area contributed by atoms with Crippen LogP contribution in [0.4, 0.5) is 11.4 Å². The predicted molar refractivity (Wildman–Crippen MR) is 164 cm³/mol. The molecule has 0 bridgehead atoms. The Bertz CT molecular complexity index is 1530. The molecule has 0 unspecified atom stereocenters. The second-order valence-corrected chi connectivity index (χ2v) is 10.8. The smallest absolute Gasteiger partial charge is 0.0184 e. The van der Waals surface area contributed by atoms with Gasteiger partial charge in [-0.05, 0) is 101 Å². The van der Waals surface area contributed by atoms with E-state index >= 15 is 0 Å². The van der Waals surface area contributed by atoms with Crippen molar-refractivity contribution < 1.29 is 22.4 Å². The second-order valence-electron chi connectivity index (χ2n) is 10.8. The molecule has 4 heteroatoms. The summed E-state index contributed by atoms with van der Waals surface area (Å²) in [6.45, 7) is 19.4. The van der Waals surface area contributed by atoms with Gasteiger partial charge in [-0.25, -0.2) is 0 Å². The van der Waals surface area contributed by atoms with Crippen molar-refractivity contribution in [3.63, 3.8) is 0 Å². The van der Waals surface area contributed by atoms with Crippen LogP contribution in [0.2, 0.25) is 0 Å². The molecule has 205 valence electrons. The van der Waals surface area contributed by atoms with Gasteiger partial charge in [0.15, 0.2) is 0 Å². The maximum absolute atomic E-state index is 4.80. The molecule has 0 saturated heterocycles. The van der Waals surface area contributed by atoms with Crippen molar-refractivity contribution in [1.82, 2.24) is 4.98 Å². The van der Waals surface area contributed by atoms with Crippen molar-refractivity contribution in [2.24, 2.45) is 0 Å². The summed E-state index contributed by atoms with van der Waals surface area (Å²) in [5, 5.41) is 2.59. The number of benzene rings is 4. The molecule has 1 aromatic heterocycles. The number of aromatic nitrogens is 1. The number of hydrogen-bond acceptors (Lipinski definition) is 2. The molecule has 0 atom stereocenters. The van der Waals surface area contributed by atoms with Gasteiger partial charge in [0.05, 0.1) is 0 Å². The van der Waals surface area contributed by atoms with Crippen molar-refractivity contribution in [1.29, 1.82) is 0 Å². The SMILES string of the molecule is Cc1cc(C)c2[n-]c3c(C)cc(C)cc3c2c1.Cc1cccc(C)c1N1C=CN(c2c(C)cccc2C)[CH-]1.[Au]. The number of nitrogens with zero attached hydrogens (tertiary/aromatic N) is 3. The van der Waals surface area contributed by atoms with Crippen LogP contribution in [0.1, 0.15) is 44.5 Å². The third-order valence-corrected chi connectivity index (χ3v) is 7.44. The molecule has 1 aliphatic heterocycles. The van der Waals surface area contributed by atoms with Gasteiger partial charge in [0.25, 0.3) is 0 Å². The van der Waals surface area contributed by atoms with Crippen LogP contribution in [0, 0.1) is 62.1 Å². The molecule has 6 rings (SSSR count). The summed E-state index contributed by atoms with van der Waals surface area (Å²) in [5.74, 6) is 0. The Morgan fingerprint density at radius 1 is 0.513 bits per heavy atom. The summed E-state index contributed by atoms with van der Waals surface area (Å²) in [7, 11) is 0. The molecule has 1 radical (unpaired) electrons. The molecule has 0 aliphatic carbocycles. The summed E-state index contributed by atoms with van der Waals surface area (Å²) >= 11 is 0. The van der Waals surface area contributed by atoms with E-state index in [1.807, 2.05) is 0 Å². The minimum absolute atomic E-state index is 0. The summed E-state index contributed by atoms with van der Waals surface area (Å²) < 4.78 is 0. The van der Waals surface area contributed by atoms with Crippen LogP contribution < -0.4 is 14.8 Å². The quantitative estimate of drug-likeness (QED) is 0.136. The fourth-order valence-corrected chi connectivity index (χ4v) is 5.78. The Kier molecular flexibility index (Phi) is 8.46. The Hall–Kier alpha value is -3.24. The fourth-order valence-electron chi connectivity index (χ4n) is 5.78. The zero-order valence-corrected chi connectivity index (χ0v) is 26.3. The average molecular weight is 697 g/mol. The summed E-state index contributed by atoms with van der Waals surface area (Å²) in [4.78, 5) is 9.21. The zero-order chi connectivity index (χ0) is 27.1. The summed E-state index contributed by atoms with van der Waals surface area (Å²) in [5.41, 5.74) is 15.2. The van der Waals surface area contributed by atoms with Crippen molar-refractivity contribution in [2.75, 3.05) is 9.80 Å². The van der Waals surface area contributed by atoms with E-state index in [2.05, 4.69) is 145 Å². The van der Waals surface area contributed by atoms with E-state index < -0.39 is 0 Å². The first kappa shape index (κ1) is 28.8. The summed E-state index contributed by atoms with van der Waals surface area (Å²) in [6.07, 6.45) is 4.25. The third kappa shape index (κ3) is 5.58. The minimum atomic E-state index is 0. The van der Waals surface area contributed by atoms with E-state index in [-0.39, 0.29) is 22.4 Å². The average Bonchev–Trinajstić information content (AvgIpc) is 3.45. The molecule has 3 nitrogen and oxygen atoms in total. The Balaban J connectivity index is 0.000000180. The van der Waals surface area contributed by atoms with Gasteiger partial charge in [-0.3, -0.25) is 0 Å². The number of hydrogen-bond donors (Lipinski definition) is 0. The van der Waals surface area contributed by atoms with Gasteiger partial charge in [0.1, 0.15) is 0 Å². The number of rotatable bonds is 2. The van der Waals surface area contributed by atoms with Gasteiger partial charge >= 0.3 is 0 Å². The van der Waals surface area contributed by atoms with E-state index in [1.54, 1.807) is 0 Å². The number of fused-ring (bicyclic) bond motifs is 3. The molecule has 0 fully saturated rings. The van der Waals surface area contributed by atoms with Crippen LogP contribution in [0.25, 0.3) is 21.8 Å². The van der Waals surface area contributed by atoms with E-state index in [0.717, 1.165) is 11.0 Å². The molecule has 39 heavy (non-hydrogen) atoms. The van der Waals surface area contributed by atoms with Gasteiger partial charge in [0, 0.05) is 33.8 Å². The molecular weight excluding hydrogens is 659 g/mol. The Morgan fingerprint density at radius 3 is 1.23 bits per heavy atom. The van der Waals surface area contributed by atoms with Crippen molar-refractivity contribution >= 4 is 33.2 Å². The van der Waals surface area contributed by atoms with Crippen LogP contribution in [-0.2, 0) is 22.4 Å². The Morgan fingerprint density at radius 2 is 0.872 bits per heavy atom. The maximum Gasteiger partial charge on any atom is 0.0184 e. The minimum Gasteiger partial charge on any atom is -0.656 e. The predicted octanol–water partition coefficient (Wildman–Crippen LogP) is 9.02. The molecule has 0 N–H and O–H groups in total. The van der Waals surface area contributed by atoms with E-state index in [4.69, 9.17) is 4.98 Å². The molecular formula is C35H37AuN3-2. The van der Waals surface area contributed by atoms with Gasteiger partial charge in [-0.15, -0.1) is 17.7 Å². The topological polar surface area (TPSA) is 20.6 Å². The monoisotopic (exact) mass is 696 g/mol. The van der Waals surface area contributed by atoms with Crippen molar-refractivity contribution in [3.05, 3.63) is 124 Å². The molecule has 0 saturated carbocycles. The van der Waals surface area contributed by atoms with Gasteiger partial charge in [-0.2, -0.15) is 0 Å². The van der Waals surface area contributed by atoms with Gasteiger partial charge in [0.2, 0.25) is 0 Å². The van der Waals surface area contributed by atoms with Gasteiger partial charge in [-0.1, -0.05) is 82.9 Å². The largest absolute Gasteiger partial charge is 0.656 e. The molecule has 1 aliphatic rings. The summed E-state index contributed by atoms with van der Waals surface area (Å²) in [6, 6.07) is 21.8. The first-order valence-corrected chi connectivity index (χ1v) is 13.3. The molecule has 5 aromatic rings. The van der Waals surface area contributed by atoms with Crippen LogP contribution in [0.3, 0.4) is 0 Å². The molecule has 2 heterocycles. The van der Waals surface area contributed by atoms with Crippen molar-refractivity contribution in [3.8, 4) is 0 Å². The first-order valence-electron chi connectivity index (χ1n) is 13.3. The number of aryl methyl sites for hydroxylation is 8. The molecule has 0 spiro atoms. The van der Waals surface area contributed by atoms with Gasteiger partial charge < -0.3 is 14.8 Å². The number of anilines is 2. The van der Waals surface area contributed by atoms with Crippen LogP contribution in [0.5, 0.6) is 0 Å². The van der Waals surface area contributed by atoms with Crippen molar-refractivity contribution in [2.45, 2.75) is 55.4 Å². The zero-order valence-electron chi connectivity index (χ0n) is 24.1. The van der Waals surface area contributed by atoms with E-state index in [1.165, 1.54) is 66.7 Å². The standard InChI is InChI=1S/C19H21N2.C16H16N.Au/c1-14-7-5-8-15(2)18(14)20-11-12-21(13-20)19-16(3)9-6-10-17(19)4;1-9-5-11(3)15-13(7-9)14-8-10(2)6-12(4)16(14)17-15;/h5-13H,1-4H3;5-8H,1-4H3;/q2*-1;. The molecule has 0 amide bonds. The molecule has 4 aromatic carbocycles. The Labute approximate surface area is 249 Å². The normalized spacial score (nSPS) is 12.6. The second kappa shape index (κ2) is 11.5. The van der Waals surface area contributed by atoms with E-state index in [9.17, 15) is 0 Å². The third-order valence-electron chi connectivity index (χ3n) is 7.44. The number of para-hydroxylation sites is 2. The van der Waals surface area contributed by atoms with E-state index in [0.29, 0.717) is 0 Å². The first-order chi connectivity index (χ1) is 18.1. The van der Waals surface area contributed by atoms with Crippen LogP contribution in [-0.4, -0.2) is 0 Å². The maximum atomic E-state index is 4.80. The van der Waals surface area contributed by atoms with Crippen LogP contribution >= 0.6 is 0 Å². The van der Waals surface area contributed by atoms with Crippen LogP contribution in [0.15, 0.2) is 73.1 Å². The fraction of sp³-hybridized carbons (Fsp3) is 0.229.